The maximum Gasteiger partial charge on any atom is 0.329 e. The van der Waals surface area contributed by atoms with E-state index in [2.05, 4.69) is 12.2 Å². The first-order chi connectivity index (χ1) is 5.62. The van der Waals surface area contributed by atoms with Crippen LogP contribution in [0.5, 0.6) is 0 Å². The predicted octanol–water partition coefficient (Wildman–Crippen LogP) is 1.36. The molecule has 0 bridgehead atoms. The molecule has 68 valence electrons. The Morgan fingerprint density at radius 3 is 2.75 bits per heavy atom. The molecule has 1 fully saturated rings. The van der Waals surface area contributed by atoms with Crippen LogP contribution in [0.25, 0.3) is 0 Å². The minimum Gasteiger partial charge on any atom is -0.478 e. The Balaban J connectivity index is 2.13. The molecular formula is C9H15NO2. The second-order valence-corrected chi connectivity index (χ2v) is 3.72. The highest BCUT2D eigenvalue weighted by molar-refractivity contribution is 5.79. The smallest absolute Gasteiger partial charge is 0.329 e. The van der Waals surface area contributed by atoms with Crippen molar-refractivity contribution in [2.24, 2.45) is 5.41 Å². The highest BCUT2D eigenvalue weighted by Gasteiger charge is 2.30. The number of nitrogens with one attached hydrogen (secondary N) is 1. The summed E-state index contributed by atoms with van der Waals surface area (Å²) in [4.78, 5) is 10.1. The molecule has 1 saturated carbocycles. The van der Waals surface area contributed by atoms with Crippen LogP contribution in [0.4, 0.5) is 0 Å². The van der Waals surface area contributed by atoms with Crippen LogP contribution in [0.2, 0.25) is 0 Å². The van der Waals surface area contributed by atoms with Crippen LogP contribution >= 0.6 is 0 Å². The van der Waals surface area contributed by atoms with Crippen LogP contribution in [-0.4, -0.2) is 17.6 Å². The van der Waals surface area contributed by atoms with Gasteiger partial charge in [-0.25, -0.2) is 4.79 Å². The van der Waals surface area contributed by atoms with Gasteiger partial charge in [0.2, 0.25) is 0 Å². The molecule has 0 unspecified atom stereocenters. The molecule has 0 heterocycles. The first kappa shape index (κ1) is 9.10. The maximum atomic E-state index is 10.1. The summed E-state index contributed by atoms with van der Waals surface area (Å²) in [7, 11) is 0. The van der Waals surface area contributed by atoms with Crippen LogP contribution in [0.3, 0.4) is 0 Å². The molecule has 12 heavy (non-hydrogen) atoms. The monoisotopic (exact) mass is 169 g/mol. The number of hydrogen-bond donors (Lipinski definition) is 2. The fourth-order valence-corrected chi connectivity index (χ4v) is 1.39. The van der Waals surface area contributed by atoms with Gasteiger partial charge in [0.15, 0.2) is 0 Å². The van der Waals surface area contributed by atoms with Crippen LogP contribution in [0, 0.1) is 5.41 Å². The number of aliphatic carboxylic acids is 1. The third-order valence-electron chi connectivity index (χ3n) is 2.43. The summed E-state index contributed by atoms with van der Waals surface area (Å²) in [5.74, 6) is -0.902. The lowest BCUT2D eigenvalue weighted by Gasteiger charge is -2.38. The maximum absolute atomic E-state index is 10.1. The zero-order valence-electron chi connectivity index (χ0n) is 7.34. The molecule has 0 saturated heterocycles. The lowest BCUT2D eigenvalue weighted by molar-refractivity contribution is -0.131. The fraction of sp³-hybridized carbons (Fsp3) is 0.667. The summed E-state index contributed by atoms with van der Waals surface area (Å²) in [5, 5.41) is 11.3. The lowest BCUT2D eigenvalue weighted by Crippen LogP contribution is -2.35. The van der Waals surface area contributed by atoms with Crippen molar-refractivity contribution < 1.29 is 9.90 Å². The van der Waals surface area contributed by atoms with E-state index in [0.29, 0.717) is 5.41 Å². The molecule has 1 aliphatic rings. The molecule has 0 spiro atoms. The van der Waals surface area contributed by atoms with Gasteiger partial charge >= 0.3 is 5.97 Å². The van der Waals surface area contributed by atoms with Crippen molar-refractivity contribution in [3.8, 4) is 0 Å². The molecule has 3 nitrogen and oxygen atoms in total. The average Bonchev–Trinajstić information content (AvgIpc) is 1.94. The molecule has 1 aliphatic carbocycles. The summed E-state index contributed by atoms with van der Waals surface area (Å²) >= 11 is 0. The van der Waals surface area contributed by atoms with E-state index < -0.39 is 5.97 Å². The molecule has 0 radical (unpaired) electrons. The van der Waals surface area contributed by atoms with Gasteiger partial charge in [0.05, 0.1) is 0 Å². The third kappa shape index (κ3) is 2.57. The third-order valence-corrected chi connectivity index (χ3v) is 2.43. The highest BCUT2D eigenvalue weighted by atomic mass is 16.4. The average molecular weight is 169 g/mol. The molecule has 0 atom stereocenters. The Morgan fingerprint density at radius 2 is 2.33 bits per heavy atom. The minimum atomic E-state index is -0.902. The second kappa shape index (κ2) is 3.61. The number of rotatable bonds is 4. The minimum absolute atomic E-state index is 0.406. The second-order valence-electron chi connectivity index (χ2n) is 3.72. The van der Waals surface area contributed by atoms with E-state index in [9.17, 15) is 4.79 Å². The Kier molecular flexibility index (Phi) is 2.74. The largest absolute Gasteiger partial charge is 0.478 e. The van der Waals surface area contributed by atoms with E-state index in [1.165, 1.54) is 25.5 Å². The van der Waals surface area contributed by atoms with Crippen molar-refractivity contribution in [2.75, 3.05) is 6.54 Å². The number of carboxylic acids is 1. The molecule has 3 heteroatoms. The Morgan fingerprint density at radius 1 is 1.67 bits per heavy atom. The Labute approximate surface area is 72.5 Å². The van der Waals surface area contributed by atoms with Crippen molar-refractivity contribution >= 4 is 5.97 Å². The van der Waals surface area contributed by atoms with Gasteiger partial charge in [-0.05, 0) is 18.3 Å². The van der Waals surface area contributed by atoms with Gasteiger partial charge in [-0.2, -0.15) is 0 Å². The predicted molar refractivity (Wildman–Crippen MR) is 46.7 cm³/mol. The SMILES string of the molecule is CC1(CN/C=C/C(=O)O)CCC1. The van der Waals surface area contributed by atoms with Crippen LogP contribution in [0.15, 0.2) is 12.3 Å². The summed E-state index contributed by atoms with van der Waals surface area (Å²) in [6.45, 7) is 3.11. The molecule has 0 aliphatic heterocycles. The number of carboxylic acid groups (broad SMARTS) is 1. The van der Waals surface area contributed by atoms with Gasteiger partial charge in [0.25, 0.3) is 0 Å². The summed E-state index contributed by atoms with van der Waals surface area (Å²) < 4.78 is 0. The van der Waals surface area contributed by atoms with Crippen LogP contribution < -0.4 is 5.32 Å². The number of carbonyl (C=O) groups is 1. The van der Waals surface area contributed by atoms with E-state index in [-0.39, 0.29) is 0 Å². The Hall–Kier alpha value is -0.990. The van der Waals surface area contributed by atoms with Crippen molar-refractivity contribution in [2.45, 2.75) is 26.2 Å². The van der Waals surface area contributed by atoms with Crippen LogP contribution in [-0.2, 0) is 4.79 Å². The van der Waals surface area contributed by atoms with Gasteiger partial charge in [0.1, 0.15) is 0 Å². The Bertz CT molecular complexity index is 195. The molecule has 0 aromatic heterocycles. The lowest BCUT2D eigenvalue weighted by atomic mass is 9.70. The van der Waals surface area contributed by atoms with Gasteiger partial charge in [-0.15, -0.1) is 0 Å². The molecule has 1 rings (SSSR count). The van der Waals surface area contributed by atoms with Crippen molar-refractivity contribution in [3.05, 3.63) is 12.3 Å². The molecular weight excluding hydrogens is 154 g/mol. The molecule has 0 amide bonds. The molecule has 2 N–H and O–H groups in total. The van der Waals surface area contributed by atoms with Crippen molar-refractivity contribution in [1.82, 2.24) is 5.32 Å². The fourth-order valence-electron chi connectivity index (χ4n) is 1.39. The normalized spacial score (nSPS) is 20.4. The highest BCUT2D eigenvalue weighted by Crippen LogP contribution is 2.39. The van der Waals surface area contributed by atoms with Gasteiger partial charge in [-0.3, -0.25) is 0 Å². The zero-order valence-corrected chi connectivity index (χ0v) is 7.34. The van der Waals surface area contributed by atoms with Crippen molar-refractivity contribution in [3.63, 3.8) is 0 Å². The summed E-state index contributed by atoms with van der Waals surface area (Å²) in [6.07, 6.45) is 6.44. The van der Waals surface area contributed by atoms with E-state index in [1.54, 1.807) is 0 Å². The molecule has 0 aromatic carbocycles. The van der Waals surface area contributed by atoms with Gasteiger partial charge in [0, 0.05) is 18.8 Å². The zero-order chi connectivity index (χ0) is 9.03. The van der Waals surface area contributed by atoms with E-state index in [1.807, 2.05) is 0 Å². The van der Waals surface area contributed by atoms with E-state index in [4.69, 9.17) is 5.11 Å². The summed E-state index contributed by atoms with van der Waals surface area (Å²) in [6, 6.07) is 0. The van der Waals surface area contributed by atoms with E-state index in [0.717, 1.165) is 12.6 Å². The first-order valence-electron chi connectivity index (χ1n) is 4.25. The summed E-state index contributed by atoms with van der Waals surface area (Å²) in [5.41, 5.74) is 0.406. The van der Waals surface area contributed by atoms with Crippen molar-refractivity contribution in [1.29, 1.82) is 0 Å². The van der Waals surface area contributed by atoms with Gasteiger partial charge < -0.3 is 10.4 Å². The van der Waals surface area contributed by atoms with Crippen LogP contribution in [0.1, 0.15) is 26.2 Å². The molecule has 0 aromatic rings. The number of hydrogen-bond acceptors (Lipinski definition) is 2. The quantitative estimate of drug-likeness (QED) is 0.625. The standard InChI is InChI=1S/C9H15NO2/c1-9(4-2-5-9)7-10-6-3-8(11)12/h3,6,10H,2,4-5,7H2,1H3,(H,11,12)/b6-3+. The van der Waals surface area contributed by atoms with E-state index >= 15 is 0 Å². The topological polar surface area (TPSA) is 49.3 Å². The first-order valence-corrected chi connectivity index (χ1v) is 4.25. The van der Waals surface area contributed by atoms with Gasteiger partial charge in [-0.1, -0.05) is 13.3 Å².